The van der Waals surface area contributed by atoms with Gasteiger partial charge in [-0.2, -0.15) is 0 Å². The van der Waals surface area contributed by atoms with E-state index in [1.165, 1.54) is 180 Å². The predicted molar refractivity (Wildman–Crippen MR) is 355 cm³/mol. The van der Waals surface area contributed by atoms with E-state index in [9.17, 15) is 19.0 Å². The minimum atomic E-state index is -4.46. The fraction of sp³-hybridized carbons (Fsp3) is 0.778. The third-order valence-electron chi connectivity index (χ3n) is 15.1. The number of nitrogens with one attached hydrogen (secondary N) is 1. The first kappa shape index (κ1) is 79.2. The van der Waals surface area contributed by atoms with Gasteiger partial charge in [0.1, 0.15) is 19.3 Å². The largest absolute Gasteiger partial charge is 0.472 e. The Kier molecular flexibility index (Phi) is 59.2. The number of rotatable bonds is 62. The molecule has 0 bridgehead atoms. The zero-order valence-electron chi connectivity index (χ0n) is 54.5. The number of hydrogen-bond donors (Lipinski definition) is 2. The highest BCUT2D eigenvalue weighted by Crippen LogP contribution is 2.43. The van der Waals surface area contributed by atoms with E-state index in [4.69, 9.17) is 13.8 Å². The normalized spacial score (nSPS) is 14.1. The highest BCUT2D eigenvalue weighted by Gasteiger charge is 2.30. The lowest BCUT2D eigenvalue weighted by atomic mass is 10.0. The lowest BCUT2D eigenvalue weighted by molar-refractivity contribution is -0.870. The molecule has 0 fully saturated rings. The van der Waals surface area contributed by atoms with E-state index >= 15 is 0 Å². The Balaban J connectivity index is 5.08. The zero-order chi connectivity index (χ0) is 60.0. The van der Waals surface area contributed by atoms with Crippen LogP contribution in [0.2, 0.25) is 0 Å². The summed E-state index contributed by atoms with van der Waals surface area (Å²) in [5, 5.41) is 3.06. The molecule has 0 aromatic heterocycles. The van der Waals surface area contributed by atoms with Crippen molar-refractivity contribution in [1.82, 2.24) is 5.32 Å². The number of phosphoric acid groups is 1. The molecule has 1 amide bonds. The Bertz CT molecular complexity index is 1680. The highest BCUT2D eigenvalue weighted by molar-refractivity contribution is 7.47. The molecular formula is C72H132N2O7P+. The Morgan fingerprint density at radius 1 is 0.427 bits per heavy atom. The predicted octanol–water partition coefficient (Wildman–Crippen LogP) is 21.7. The zero-order valence-corrected chi connectivity index (χ0v) is 55.4. The number of ether oxygens (including phenoxy) is 1. The molecule has 0 heterocycles. The quantitative estimate of drug-likeness (QED) is 0.0205. The molecule has 2 N–H and O–H groups in total. The van der Waals surface area contributed by atoms with Crippen molar-refractivity contribution in [3.05, 3.63) is 85.1 Å². The van der Waals surface area contributed by atoms with Crippen LogP contribution in [0.25, 0.3) is 0 Å². The van der Waals surface area contributed by atoms with Crippen LogP contribution < -0.4 is 5.32 Å². The fourth-order valence-electron chi connectivity index (χ4n) is 9.72. The first-order chi connectivity index (χ1) is 39.9. The molecule has 0 radical (unpaired) electrons. The summed E-state index contributed by atoms with van der Waals surface area (Å²) < 4.78 is 30.8. The van der Waals surface area contributed by atoms with Gasteiger partial charge in [0.2, 0.25) is 5.91 Å². The molecular weight excluding hydrogens is 1040 g/mol. The first-order valence-electron chi connectivity index (χ1n) is 34.4. The van der Waals surface area contributed by atoms with Gasteiger partial charge in [0.25, 0.3) is 0 Å². The summed E-state index contributed by atoms with van der Waals surface area (Å²) in [5.74, 6) is -0.513. The van der Waals surface area contributed by atoms with E-state index in [0.29, 0.717) is 17.4 Å². The summed E-state index contributed by atoms with van der Waals surface area (Å²) in [7, 11) is 1.49. The van der Waals surface area contributed by atoms with E-state index in [1.54, 1.807) is 0 Å². The maximum atomic E-state index is 13.6. The van der Waals surface area contributed by atoms with Gasteiger partial charge in [-0.25, -0.2) is 4.57 Å². The topological polar surface area (TPSA) is 111 Å². The van der Waals surface area contributed by atoms with Crippen molar-refractivity contribution in [2.24, 2.45) is 0 Å². The Hall–Kier alpha value is -2.81. The van der Waals surface area contributed by atoms with Gasteiger partial charge in [-0.3, -0.25) is 18.6 Å². The van der Waals surface area contributed by atoms with E-state index in [0.717, 1.165) is 96.3 Å². The van der Waals surface area contributed by atoms with E-state index in [1.807, 2.05) is 33.3 Å². The number of quaternary nitrogens is 1. The van der Waals surface area contributed by atoms with Crippen molar-refractivity contribution in [1.29, 1.82) is 0 Å². The van der Waals surface area contributed by atoms with Gasteiger partial charge in [-0.05, 0) is 109 Å². The molecule has 0 saturated heterocycles. The molecule has 476 valence electrons. The van der Waals surface area contributed by atoms with Crippen molar-refractivity contribution < 1.29 is 37.3 Å². The van der Waals surface area contributed by atoms with Crippen LogP contribution in [-0.2, 0) is 27.9 Å². The van der Waals surface area contributed by atoms with Gasteiger partial charge < -0.3 is 19.4 Å². The highest BCUT2D eigenvalue weighted by atomic mass is 31.2. The molecule has 0 rings (SSSR count). The van der Waals surface area contributed by atoms with Crippen LogP contribution in [0.15, 0.2) is 85.1 Å². The second kappa shape index (κ2) is 61.3. The lowest BCUT2D eigenvalue weighted by Gasteiger charge is -2.27. The van der Waals surface area contributed by atoms with Gasteiger partial charge in [-0.1, -0.05) is 273 Å². The second-order valence-corrected chi connectivity index (χ2v) is 25.8. The summed E-state index contributed by atoms with van der Waals surface area (Å²) in [5.41, 5.74) is 0. The number of nitrogens with zero attached hydrogens (tertiary/aromatic N) is 1. The molecule has 0 spiro atoms. The maximum absolute atomic E-state index is 13.6. The van der Waals surface area contributed by atoms with Crippen molar-refractivity contribution in [3.63, 3.8) is 0 Å². The third-order valence-corrected chi connectivity index (χ3v) is 16.0. The molecule has 82 heavy (non-hydrogen) atoms. The number of carbonyl (C=O) groups is 2. The van der Waals surface area contributed by atoms with Crippen molar-refractivity contribution in [2.75, 3.05) is 40.9 Å². The third kappa shape index (κ3) is 61.7. The Morgan fingerprint density at radius 2 is 0.744 bits per heavy atom. The van der Waals surface area contributed by atoms with Crippen molar-refractivity contribution in [2.45, 2.75) is 322 Å². The number of esters is 1. The number of carbonyl (C=O) groups excluding carboxylic acids is 2. The van der Waals surface area contributed by atoms with Gasteiger partial charge in [0.05, 0.1) is 33.8 Å². The van der Waals surface area contributed by atoms with Crippen molar-refractivity contribution in [3.8, 4) is 0 Å². The van der Waals surface area contributed by atoms with Crippen molar-refractivity contribution >= 4 is 19.7 Å². The summed E-state index contributed by atoms with van der Waals surface area (Å²) >= 11 is 0. The molecule has 0 aromatic rings. The summed E-state index contributed by atoms with van der Waals surface area (Å²) in [4.78, 5) is 37.8. The van der Waals surface area contributed by atoms with E-state index in [-0.39, 0.29) is 31.5 Å². The molecule has 0 aliphatic rings. The number of unbranched alkanes of at least 4 members (excludes halogenated alkanes) is 34. The minimum absolute atomic E-state index is 0.0357. The number of hydrogen-bond acceptors (Lipinski definition) is 6. The van der Waals surface area contributed by atoms with Crippen LogP contribution >= 0.6 is 7.82 Å². The molecule has 0 aromatic carbocycles. The van der Waals surface area contributed by atoms with Crippen LogP contribution in [0.1, 0.15) is 310 Å². The molecule has 10 heteroatoms. The van der Waals surface area contributed by atoms with Crippen LogP contribution in [0, 0.1) is 0 Å². The number of amides is 1. The van der Waals surface area contributed by atoms with Crippen LogP contribution in [0.4, 0.5) is 0 Å². The monoisotopic (exact) mass is 1170 g/mol. The Morgan fingerprint density at radius 3 is 1.13 bits per heavy atom. The fourth-order valence-corrected chi connectivity index (χ4v) is 10.5. The molecule has 0 aliphatic heterocycles. The Labute approximate surface area is 507 Å². The first-order valence-corrected chi connectivity index (χ1v) is 35.9. The van der Waals surface area contributed by atoms with Crippen LogP contribution in [0.3, 0.4) is 0 Å². The van der Waals surface area contributed by atoms with Gasteiger partial charge >= 0.3 is 13.8 Å². The molecule has 0 aliphatic carbocycles. The summed E-state index contributed by atoms with van der Waals surface area (Å²) in [6.07, 6.45) is 81.5. The second-order valence-electron chi connectivity index (χ2n) is 24.3. The molecule has 3 atom stereocenters. The molecule has 0 saturated carbocycles. The van der Waals surface area contributed by atoms with E-state index in [2.05, 4.69) is 99.0 Å². The molecule has 3 unspecified atom stereocenters. The number of likely N-dealkylation sites (N-methyl/N-ethyl adjacent to an activating group) is 1. The molecule has 9 nitrogen and oxygen atoms in total. The van der Waals surface area contributed by atoms with Crippen LogP contribution in [0.5, 0.6) is 0 Å². The smallest absolute Gasteiger partial charge is 0.456 e. The SMILES string of the molecule is CCCCC/C=C\C/C=C\C/C=C\C/C=C\CCCCCCCCCCCCCC(=O)NC(COP(=O)(O)OCC[N+](C)(C)C)C(/C=C\CCCCCCCCCCCC)OC(=O)CCCCCCCCC/C=C\C/C=C\CCCCC. The maximum Gasteiger partial charge on any atom is 0.472 e. The van der Waals surface area contributed by atoms with E-state index < -0.39 is 20.0 Å². The van der Waals surface area contributed by atoms with Gasteiger partial charge in [0, 0.05) is 12.8 Å². The van der Waals surface area contributed by atoms with Gasteiger partial charge in [-0.15, -0.1) is 0 Å². The average molecular weight is 1170 g/mol. The standard InChI is InChI=1S/C72H131N2O7P/c1-7-10-13-16-19-22-25-28-30-32-33-34-35-36-37-38-39-40-41-43-44-46-49-52-55-58-61-64-71(75)73-69(68-80-82(77,78)79-67-66-74(4,5)6)70(63-60-57-54-51-48-27-24-21-18-15-12-9-3)81-72(76)65-62-59-56-53-50-47-45-42-31-29-26-23-20-17-14-11-8-2/h19-20,22-23,28-31,33-34,36-37,60,63,69-70H,7-18,21,24-27,32,35,38-59,61-62,64-68H2,1-6H3,(H-,73,75,77,78)/p+1/b22-19-,23-20-,30-28-,31-29-,34-33-,37-36-,63-60-. The number of phosphoric ester groups is 1. The summed E-state index contributed by atoms with van der Waals surface area (Å²) in [6.45, 7) is 6.97. The minimum Gasteiger partial charge on any atom is -0.456 e. The summed E-state index contributed by atoms with van der Waals surface area (Å²) in [6, 6.07) is -0.857. The number of allylic oxidation sites excluding steroid dienone is 13. The van der Waals surface area contributed by atoms with Crippen LogP contribution in [-0.4, -0.2) is 74.3 Å². The average Bonchev–Trinajstić information content (AvgIpc) is 3.47. The lowest BCUT2D eigenvalue weighted by Crippen LogP contribution is -2.47. The van der Waals surface area contributed by atoms with Gasteiger partial charge in [0.15, 0.2) is 0 Å².